The third kappa shape index (κ3) is 3.08. The second-order valence-electron chi connectivity index (χ2n) is 6.66. The monoisotopic (exact) mass is 349 g/mol. The summed E-state index contributed by atoms with van der Waals surface area (Å²) in [4.78, 5) is 4.85. The zero-order valence-electron chi connectivity index (χ0n) is 13.7. The highest BCUT2D eigenvalue weighted by Crippen LogP contribution is 2.28. The maximum Gasteiger partial charge on any atom is 0.285 e. The molecule has 7 heteroatoms. The summed E-state index contributed by atoms with van der Waals surface area (Å²) in [7, 11) is -3.53. The summed E-state index contributed by atoms with van der Waals surface area (Å²) < 4.78 is 34.2. The first-order chi connectivity index (χ1) is 11.6. The van der Waals surface area contributed by atoms with Crippen molar-refractivity contribution in [2.75, 3.05) is 39.3 Å². The number of ether oxygens (including phenoxy) is 1. The van der Waals surface area contributed by atoms with Crippen LogP contribution in [-0.4, -0.2) is 69.5 Å². The lowest BCUT2D eigenvalue weighted by Gasteiger charge is -2.37. The van der Waals surface area contributed by atoms with Gasteiger partial charge in [-0.1, -0.05) is 12.1 Å². The fraction of sp³-hybridized carbons (Fsp3) is 0.588. The van der Waals surface area contributed by atoms with Crippen LogP contribution in [-0.2, 0) is 14.8 Å². The van der Waals surface area contributed by atoms with E-state index in [1.807, 2.05) is 12.1 Å². The van der Waals surface area contributed by atoms with Gasteiger partial charge in [0.2, 0.25) is 0 Å². The maximum atomic E-state index is 12.2. The molecule has 0 aromatic heterocycles. The van der Waals surface area contributed by atoms with Gasteiger partial charge in [0.05, 0.1) is 6.10 Å². The Balaban J connectivity index is 1.41. The van der Waals surface area contributed by atoms with E-state index < -0.39 is 10.0 Å². The summed E-state index contributed by atoms with van der Waals surface area (Å²) in [5.74, 6) is 0.610. The molecule has 0 unspecified atom stereocenters. The molecule has 4 rings (SSSR count). The molecular formula is C17H23N3O3S. The lowest BCUT2D eigenvalue weighted by molar-refractivity contribution is -0.0107. The van der Waals surface area contributed by atoms with Gasteiger partial charge < -0.3 is 9.64 Å². The molecule has 1 atom stereocenters. The first-order valence-corrected chi connectivity index (χ1v) is 10.1. The summed E-state index contributed by atoms with van der Waals surface area (Å²) in [5.41, 5.74) is 0.738. The van der Waals surface area contributed by atoms with Gasteiger partial charge in [-0.3, -0.25) is 4.90 Å². The zero-order valence-corrected chi connectivity index (χ0v) is 14.5. The molecule has 24 heavy (non-hydrogen) atoms. The Hall–Kier alpha value is -1.44. The predicted octanol–water partition coefficient (Wildman–Crippen LogP) is 1.32. The van der Waals surface area contributed by atoms with Crippen LogP contribution < -0.4 is 0 Å². The van der Waals surface area contributed by atoms with Gasteiger partial charge in [0, 0.05) is 44.9 Å². The Morgan fingerprint density at radius 3 is 2.67 bits per heavy atom. The highest BCUT2D eigenvalue weighted by atomic mass is 32.2. The molecule has 130 valence electrons. The number of fused-ring (bicyclic) bond motifs is 1. The molecule has 0 amide bonds. The smallest absolute Gasteiger partial charge is 0.285 e. The van der Waals surface area contributed by atoms with Crippen LogP contribution in [0.15, 0.2) is 33.6 Å². The first-order valence-electron chi connectivity index (χ1n) is 8.67. The highest BCUT2D eigenvalue weighted by molar-refractivity contribution is 7.90. The van der Waals surface area contributed by atoms with Gasteiger partial charge in [-0.15, -0.1) is 4.40 Å². The number of piperazine rings is 1. The van der Waals surface area contributed by atoms with Crippen molar-refractivity contribution in [3.05, 3.63) is 29.8 Å². The first kappa shape index (κ1) is 16.1. The molecular weight excluding hydrogens is 326 g/mol. The standard InChI is InChI=1S/C17H23N3O3S/c21-24(22)16-7-2-1-6-15(16)17(18-24)20-10-8-19(9-11-20)13-14-5-3-4-12-23-14/h1-2,6-7,14H,3-5,8-13H2/t14-/m0/s1. The Kier molecular flexibility index (Phi) is 4.32. The average Bonchev–Trinajstić information content (AvgIpc) is 2.88. The number of hydrogen-bond donors (Lipinski definition) is 0. The van der Waals surface area contributed by atoms with Gasteiger partial charge in [0.25, 0.3) is 10.0 Å². The third-order valence-electron chi connectivity index (χ3n) is 5.02. The predicted molar refractivity (Wildman–Crippen MR) is 91.8 cm³/mol. The fourth-order valence-electron chi connectivity index (χ4n) is 3.70. The van der Waals surface area contributed by atoms with E-state index in [1.165, 1.54) is 12.8 Å². The minimum absolute atomic E-state index is 0.332. The number of nitrogens with zero attached hydrogens (tertiary/aromatic N) is 3. The molecule has 0 N–H and O–H groups in total. The zero-order chi connectivity index (χ0) is 16.6. The average molecular weight is 349 g/mol. The molecule has 6 nitrogen and oxygen atoms in total. The van der Waals surface area contributed by atoms with E-state index in [0.717, 1.165) is 51.3 Å². The number of amidine groups is 1. The van der Waals surface area contributed by atoms with Crippen LogP contribution in [0.2, 0.25) is 0 Å². The molecule has 0 aliphatic carbocycles. The van der Waals surface area contributed by atoms with Crippen LogP contribution in [0.25, 0.3) is 0 Å². The van der Waals surface area contributed by atoms with Gasteiger partial charge in [-0.05, 0) is 31.4 Å². The Morgan fingerprint density at radius 2 is 1.92 bits per heavy atom. The summed E-state index contributed by atoms with van der Waals surface area (Å²) in [6.07, 6.45) is 3.95. The third-order valence-corrected chi connectivity index (χ3v) is 6.35. The van der Waals surface area contributed by atoms with Gasteiger partial charge >= 0.3 is 0 Å². The van der Waals surface area contributed by atoms with E-state index in [1.54, 1.807) is 12.1 Å². The van der Waals surface area contributed by atoms with E-state index in [4.69, 9.17) is 4.74 Å². The Bertz CT molecular complexity index is 733. The number of rotatable bonds is 2. The minimum Gasteiger partial charge on any atom is -0.377 e. The topological polar surface area (TPSA) is 62.2 Å². The van der Waals surface area contributed by atoms with Crippen LogP contribution in [0, 0.1) is 0 Å². The summed E-state index contributed by atoms with van der Waals surface area (Å²) in [5, 5.41) is 0. The maximum absolute atomic E-state index is 12.2. The van der Waals surface area contributed by atoms with Crippen LogP contribution in [0.5, 0.6) is 0 Å². The van der Waals surface area contributed by atoms with Gasteiger partial charge in [-0.2, -0.15) is 8.42 Å². The molecule has 0 radical (unpaired) electrons. The molecule has 2 fully saturated rings. The van der Waals surface area contributed by atoms with Crippen molar-refractivity contribution in [3.63, 3.8) is 0 Å². The quantitative estimate of drug-likeness (QED) is 0.806. The van der Waals surface area contributed by atoms with E-state index in [9.17, 15) is 8.42 Å². The van der Waals surface area contributed by atoms with Crippen molar-refractivity contribution in [1.82, 2.24) is 9.80 Å². The molecule has 1 aromatic carbocycles. The molecule has 1 aromatic rings. The van der Waals surface area contributed by atoms with Crippen molar-refractivity contribution in [1.29, 1.82) is 0 Å². The number of hydrogen-bond acceptors (Lipinski definition) is 5. The molecule has 0 spiro atoms. The van der Waals surface area contributed by atoms with Crippen LogP contribution in [0.1, 0.15) is 24.8 Å². The Labute approximate surface area is 143 Å². The normalized spacial score (nSPS) is 26.9. The van der Waals surface area contributed by atoms with Crippen molar-refractivity contribution in [3.8, 4) is 0 Å². The summed E-state index contributed by atoms with van der Waals surface area (Å²) in [6.45, 7) is 5.30. The SMILES string of the molecule is O=S1(=O)N=C(N2CCN(C[C@@H]3CCCCO3)CC2)c2ccccc21. The molecule has 3 aliphatic heterocycles. The van der Waals surface area contributed by atoms with Crippen molar-refractivity contribution < 1.29 is 13.2 Å². The van der Waals surface area contributed by atoms with Gasteiger partial charge in [0.15, 0.2) is 5.84 Å². The number of benzene rings is 1. The van der Waals surface area contributed by atoms with Crippen molar-refractivity contribution >= 4 is 15.9 Å². The minimum atomic E-state index is -3.53. The fourth-order valence-corrected chi connectivity index (χ4v) is 4.93. The molecule has 0 bridgehead atoms. The van der Waals surface area contributed by atoms with E-state index in [0.29, 0.717) is 16.8 Å². The van der Waals surface area contributed by atoms with E-state index in [2.05, 4.69) is 14.2 Å². The number of sulfonamides is 1. The van der Waals surface area contributed by atoms with Gasteiger partial charge in [-0.25, -0.2) is 0 Å². The lowest BCUT2D eigenvalue weighted by atomic mass is 10.1. The molecule has 2 saturated heterocycles. The second kappa shape index (κ2) is 6.46. The van der Waals surface area contributed by atoms with Crippen molar-refractivity contribution in [2.24, 2.45) is 4.40 Å². The molecule has 0 saturated carbocycles. The molecule has 3 heterocycles. The molecule has 3 aliphatic rings. The van der Waals surface area contributed by atoms with Gasteiger partial charge in [0.1, 0.15) is 4.90 Å². The summed E-state index contributed by atoms with van der Waals surface area (Å²) in [6, 6.07) is 7.10. The second-order valence-corrected chi connectivity index (χ2v) is 8.23. The van der Waals surface area contributed by atoms with Crippen LogP contribution in [0.4, 0.5) is 0 Å². The summed E-state index contributed by atoms with van der Waals surface area (Å²) >= 11 is 0. The van der Waals surface area contributed by atoms with Crippen LogP contribution >= 0.6 is 0 Å². The lowest BCUT2D eigenvalue weighted by Crippen LogP contribution is -2.50. The Morgan fingerprint density at radius 1 is 1.12 bits per heavy atom. The largest absolute Gasteiger partial charge is 0.377 e. The van der Waals surface area contributed by atoms with E-state index in [-0.39, 0.29) is 0 Å². The van der Waals surface area contributed by atoms with Crippen molar-refractivity contribution in [2.45, 2.75) is 30.3 Å². The van der Waals surface area contributed by atoms with Crippen LogP contribution in [0.3, 0.4) is 0 Å². The van der Waals surface area contributed by atoms with E-state index >= 15 is 0 Å². The highest BCUT2D eigenvalue weighted by Gasteiger charge is 2.33.